The summed E-state index contributed by atoms with van der Waals surface area (Å²) in [4.78, 5) is 11.5. The standard InChI is InChI=1S/C29H44O5/c1-16-12-25(31)29(32-15-16)17(2)26-24(34-29)14-23-21-7-6-19-13-20(33-18(3)30)8-10-27(19,4)22(21)9-11-28(23,26)5/h6,16-17,20-26,31H,7-15H2,1-5H3/t16-,17+,20+,21-,22+,23+,24+,25?,26+,27+,28+,29-/m1/s1. The van der Waals surface area contributed by atoms with Crippen LogP contribution in [0.2, 0.25) is 0 Å². The molecule has 0 aromatic rings. The van der Waals surface area contributed by atoms with Gasteiger partial charge in [0.25, 0.3) is 0 Å². The fourth-order valence-corrected chi connectivity index (χ4v) is 10.1. The summed E-state index contributed by atoms with van der Waals surface area (Å²) in [6.07, 6.45) is 10.8. The fourth-order valence-electron chi connectivity index (χ4n) is 10.1. The van der Waals surface area contributed by atoms with Gasteiger partial charge in [-0.25, -0.2) is 0 Å². The van der Waals surface area contributed by atoms with Crippen molar-refractivity contribution in [2.24, 2.45) is 46.3 Å². The van der Waals surface area contributed by atoms with E-state index in [1.54, 1.807) is 5.57 Å². The summed E-state index contributed by atoms with van der Waals surface area (Å²) in [7, 11) is 0. The van der Waals surface area contributed by atoms with Crippen molar-refractivity contribution in [3.63, 3.8) is 0 Å². The van der Waals surface area contributed by atoms with Crippen molar-refractivity contribution in [2.75, 3.05) is 6.61 Å². The van der Waals surface area contributed by atoms with Crippen molar-refractivity contribution in [1.82, 2.24) is 0 Å². The van der Waals surface area contributed by atoms with E-state index in [9.17, 15) is 9.90 Å². The highest BCUT2D eigenvalue weighted by molar-refractivity contribution is 5.66. The number of rotatable bonds is 1. The second-order valence-corrected chi connectivity index (χ2v) is 13.4. The Kier molecular flexibility index (Phi) is 5.38. The Morgan fingerprint density at radius 2 is 1.94 bits per heavy atom. The van der Waals surface area contributed by atoms with E-state index < -0.39 is 11.9 Å². The second-order valence-electron chi connectivity index (χ2n) is 13.4. The van der Waals surface area contributed by atoms with Gasteiger partial charge in [-0.05, 0) is 85.4 Å². The summed E-state index contributed by atoms with van der Waals surface area (Å²) in [5.41, 5.74) is 2.03. The van der Waals surface area contributed by atoms with E-state index in [1.807, 2.05) is 0 Å². The molecule has 0 aromatic carbocycles. The Hall–Kier alpha value is -0.910. The summed E-state index contributed by atoms with van der Waals surface area (Å²) in [6.45, 7) is 11.7. The molecule has 5 heteroatoms. The minimum atomic E-state index is -0.798. The number of ether oxygens (including phenoxy) is 3. The van der Waals surface area contributed by atoms with Gasteiger partial charge < -0.3 is 19.3 Å². The van der Waals surface area contributed by atoms with Crippen LogP contribution < -0.4 is 0 Å². The molecule has 3 saturated carbocycles. The number of fused-ring (bicyclic) bond motifs is 7. The Bertz CT molecular complexity index is 884. The highest BCUT2D eigenvalue weighted by Gasteiger charge is 2.70. The molecule has 12 atom stereocenters. The normalized spacial score (nSPS) is 56.2. The molecular formula is C29H44O5. The maximum absolute atomic E-state index is 11.5. The predicted octanol–water partition coefficient (Wildman–Crippen LogP) is 5.26. The zero-order valence-electron chi connectivity index (χ0n) is 21.7. The van der Waals surface area contributed by atoms with Crippen molar-refractivity contribution in [2.45, 2.75) is 110 Å². The number of aliphatic hydroxyl groups excluding tert-OH is 1. The number of allylic oxidation sites excluding steroid dienone is 1. The number of carbonyl (C=O) groups is 1. The summed E-state index contributed by atoms with van der Waals surface area (Å²) >= 11 is 0. The molecule has 1 unspecified atom stereocenters. The zero-order chi connectivity index (χ0) is 24.0. The van der Waals surface area contributed by atoms with Gasteiger partial charge in [-0.1, -0.05) is 39.3 Å². The smallest absolute Gasteiger partial charge is 0.302 e. The molecule has 190 valence electrons. The average Bonchev–Trinajstić information content (AvgIpc) is 3.22. The van der Waals surface area contributed by atoms with Crippen LogP contribution in [0.3, 0.4) is 0 Å². The van der Waals surface area contributed by atoms with Crippen LogP contribution in [0.4, 0.5) is 0 Å². The van der Waals surface area contributed by atoms with E-state index in [4.69, 9.17) is 14.2 Å². The van der Waals surface area contributed by atoms with Gasteiger partial charge in [0.05, 0.1) is 12.7 Å². The van der Waals surface area contributed by atoms with E-state index in [1.165, 1.54) is 19.8 Å². The zero-order valence-corrected chi connectivity index (χ0v) is 21.7. The molecule has 0 aromatic heterocycles. The molecule has 5 nitrogen and oxygen atoms in total. The van der Waals surface area contributed by atoms with E-state index >= 15 is 0 Å². The van der Waals surface area contributed by atoms with Crippen LogP contribution >= 0.6 is 0 Å². The first-order chi connectivity index (χ1) is 16.1. The first kappa shape index (κ1) is 23.5. The Morgan fingerprint density at radius 3 is 2.68 bits per heavy atom. The maximum atomic E-state index is 11.5. The van der Waals surface area contributed by atoms with Crippen LogP contribution in [0, 0.1) is 46.3 Å². The minimum absolute atomic E-state index is 0.0585. The molecule has 0 bridgehead atoms. The van der Waals surface area contributed by atoms with Gasteiger partial charge in [0.2, 0.25) is 0 Å². The molecular weight excluding hydrogens is 428 g/mol. The van der Waals surface area contributed by atoms with Crippen LogP contribution in [0.25, 0.3) is 0 Å². The van der Waals surface area contributed by atoms with Gasteiger partial charge in [0.1, 0.15) is 12.2 Å². The predicted molar refractivity (Wildman–Crippen MR) is 129 cm³/mol. The molecule has 1 spiro atoms. The average molecular weight is 473 g/mol. The lowest BCUT2D eigenvalue weighted by Crippen LogP contribution is -2.56. The van der Waals surface area contributed by atoms with E-state index in [2.05, 4.69) is 33.8 Å². The Balaban J connectivity index is 1.25. The quantitative estimate of drug-likeness (QED) is 0.417. The summed E-state index contributed by atoms with van der Waals surface area (Å²) in [5.74, 6) is 2.19. The highest BCUT2D eigenvalue weighted by Crippen LogP contribution is 2.70. The van der Waals surface area contributed by atoms with Crippen molar-refractivity contribution in [3.05, 3.63) is 11.6 Å². The van der Waals surface area contributed by atoms with Crippen molar-refractivity contribution < 1.29 is 24.1 Å². The summed E-state index contributed by atoms with van der Waals surface area (Å²) in [5, 5.41) is 11.1. The summed E-state index contributed by atoms with van der Waals surface area (Å²) < 4.78 is 18.7. The molecule has 2 heterocycles. The van der Waals surface area contributed by atoms with Crippen LogP contribution in [-0.2, 0) is 19.0 Å². The number of carbonyl (C=O) groups excluding carboxylic acids is 1. The SMILES string of the molecule is CC(=O)O[C@H]1CC[C@@]2(C)C(=CC[C@H]3[C@@H]4C[C@@H]5O[C@]6(OC[C@H](C)CC6O)[C@@H](C)[C@@H]5[C@@]4(C)CC[C@@H]32)C1. The topological polar surface area (TPSA) is 65.0 Å². The van der Waals surface area contributed by atoms with Gasteiger partial charge in [0, 0.05) is 19.3 Å². The van der Waals surface area contributed by atoms with Crippen LogP contribution in [0.5, 0.6) is 0 Å². The first-order valence-electron chi connectivity index (χ1n) is 13.9. The highest BCUT2D eigenvalue weighted by atomic mass is 16.7. The van der Waals surface area contributed by atoms with E-state index in [0.29, 0.717) is 36.2 Å². The lowest BCUT2D eigenvalue weighted by atomic mass is 9.47. The number of hydrogen-bond donors (Lipinski definition) is 1. The molecule has 0 amide bonds. The molecule has 6 aliphatic rings. The van der Waals surface area contributed by atoms with Gasteiger partial charge in [-0.15, -0.1) is 0 Å². The van der Waals surface area contributed by atoms with Crippen LogP contribution in [0.15, 0.2) is 11.6 Å². The van der Waals surface area contributed by atoms with Crippen LogP contribution in [-0.4, -0.2) is 41.8 Å². The van der Waals surface area contributed by atoms with Gasteiger partial charge in [0.15, 0.2) is 5.79 Å². The van der Waals surface area contributed by atoms with Gasteiger partial charge in [-0.2, -0.15) is 0 Å². The maximum Gasteiger partial charge on any atom is 0.302 e. The molecule has 2 aliphatic heterocycles. The lowest BCUT2D eigenvalue weighted by Gasteiger charge is -2.58. The van der Waals surface area contributed by atoms with E-state index in [-0.39, 0.29) is 34.9 Å². The third kappa shape index (κ3) is 3.11. The number of hydrogen-bond acceptors (Lipinski definition) is 5. The molecule has 2 saturated heterocycles. The molecule has 4 aliphatic carbocycles. The minimum Gasteiger partial charge on any atom is -0.462 e. The molecule has 5 fully saturated rings. The Morgan fingerprint density at radius 1 is 1.15 bits per heavy atom. The molecule has 6 rings (SSSR count). The van der Waals surface area contributed by atoms with Crippen molar-refractivity contribution in [1.29, 1.82) is 0 Å². The van der Waals surface area contributed by atoms with Crippen LogP contribution in [0.1, 0.15) is 86.0 Å². The molecule has 0 radical (unpaired) electrons. The Labute approximate surface area is 205 Å². The molecule has 34 heavy (non-hydrogen) atoms. The van der Waals surface area contributed by atoms with Crippen molar-refractivity contribution in [3.8, 4) is 0 Å². The third-order valence-corrected chi connectivity index (χ3v) is 11.7. The number of aliphatic hydroxyl groups is 1. The lowest BCUT2D eigenvalue weighted by molar-refractivity contribution is -0.316. The second kappa shape index (κ2) is 7.79. The van der Waals surface area contributed by atoms with Gasteiger partial charge in [-0.3, -0.25) is 4.79 Å². The largest absolute Gasteiger partial charge is 0.462 e. The number of esters is 1. The first-order valence-corrected chi connectivity index (χ1v) is 13.9. The van der Waals surface area contributed by atoms with E-state index in [0.717, 1.165) is 38.5 Å². The third-order valence-electron chi connectivity index (χ3n) is 11.7. The van der Waals surface area contributed by atoms with Crippen molar-refractivity contribution >= 4 is 5.97 Å². The van der Waals surface area contributed by atoms with Gasteiger partial charge >= 0.3 is 5.97 Å². The summed E-state index contributed by atoms with van der Waals surface area (Å²) in [6, 6.07) is 0. The molecule has 1 N–H and O–H groups in total. The monoisotopic (exact) mass is 472 g/mol. The fraction of sp³-hybridized carbons (Fsp3) is 0.897.